The molecule has 134 valence electrons. The van der Waals surface area contributed by atoms with E-state index in [4.69, 9.17) is 22.2 Å². The highest BCUT2D eigenvalue weighted by Crippen LogP contribution is 2.31. The van der Waals surface area contributed by atoms with Crippen LogP contribution in [0.3, 0.4) is 0 Å². The van der Waals surface area contributed by atoms with Gasteiger partial charge in [0, 0.05) is 5.02 Å². The Balaban J connectivity index is 2.61. The van der Waals surface area contributed by atoms with Crippen LogP contribution in [0.1, 0.15) is 5.56 Å². The number of ether oxygens (including phenoxy) is 1. The standard InChI is InChI=1S/C16H18ClN3O4S/c1-11-3-8-14(24-2)15(9-11)25(22,23)20(10-16(21)19-18)13-6-4-12(17)5-7-13/h3-9H,10,18H2,1-2H3,(H,19,21). The molecule has 0 aliphatic carbocycles. The number of methoxy groups -OCH3 is 1. The van der Waals surface area contributed by atoms with Gasteiger partial charge in [-0.05, 0) is 48.9 Å². The fourth-order valence-corrected chi connectivity index (χ4v) is 3.99. The van der Waals surface area contributed by atoms with E-state index in [9.17, 15) is 13.2 Å². The zero-order valence-electron chi connectivity index (χ0n) is 13.7. The highest BCUT2D eigenvalue weighted by Gasteiger charge is 2.30. The van der Waals surface area contributed by atoms with Crippen molar-refractivity contribution in [2.75, 3.05) is 18.0 Å². The van der Waals surface area contributed by atoms with Crippen LogP contribution >= 0.6 is 11.6 Å². The lowest BCUT2D eigenvalue weighted by molar-refractivity contribution is -0.119. The summed E-state index contributed by atoms with van der Waals surface area (Å²) in [6.45, 7) is 1.27. The molecule has 0 spiro atoms. The monoisotopic (exact) mass is 383 g/mol. The van der Waals surface area contributed by atoms with Gasteiger partial charge in [-0.3, -0.25) is 14.5 Å². The molecule has 0 fully saturated rings. The van der Waals surface area contributed by atoms with Crippen LogP contribution in [0.5, 0.6) is 5.75 Å². The summed E-state index contributed by atoms with van der Waals surface area (Å²) >= 11 is 5.86. The number of hydrogen-bond acceptors (Lipinski definition) is 5. The number of aryl methyl sites for hydroxylation is 1. The quantitative estimate of drug-likeness (QED) is 0.450. The summed E-state index contributed by atoms with van der Waals surface area (Å²) in [5.41, 5.74) is 2.95. The number of rotatable bonds is 6. The zero-order chi connectivity index (χ0) is 18.6. The van der Waals surface area contributed by atoms with Crippen LogP contribution in [0.4, 0.5) is 5.69 Å². The zero-order valence-corrected chi connectivity index (χ0v) is 15.3. The molecule has 0 heterocycles. The van der Waals surface area contributed by atoms with E-state index in [1.165, 1.54) is 37.4 Å². The number of anilines is 1. The highest BCUT2D eigenvalue weighted by molar-refractivity contribution is 7.93. The number of benzene rings is 2. The Hall–Kier alpha value is -2.29. The topological polar surface area (TPSA) is 102 Å². The second-order valence-electron chi connectivity index (χ2n) is 5.21. The summed E-state index contributed by atoms with van der Waals surface area (Å²) in [5, 5.41) is 0.442. The fourth-order valence-electron chi connectivity index (χ4n) is 2.20. The Labute approximate surface area is 151 Å². The van der Waals surface area contributed by atoms with Crippen molar-refractivity contribution in [1.82, 2.24) is 5.43 Å². The van der Waals surface area contributed by atoms with Gasteiger partial charge in [-0.15, -0.1) is 0 Å². The molecule has 2 aromatic carbocycles. The summed E-state index contributed by atoms with van der Waals surface area (Å²) in [6.07, 6.45) is 0. The van der Waals surface area contributed by atoms with Crippen molar-refractivity contribution in [3.63, 3.8) is 0 Å². The van der Waals surface area contributed by atoms with Gasteiger partial charge in [0.15, 0.2) is 0 Å². The molecule has 0 bridgehead atoms. The van der Waals surface area contributed by atoms with Crippen molar-refractivity contribution in [3.8, 4) is 5.75 Å². The van der Waals surface area contributed by atoms with Crippen LogP contribution in [0.15, 0.2) is 47.4 Å². The van der Waals surface area contributed by atoms with Crippen LogP contribution in [0.25, 0.3) is 0 Å². The third kappa shape index (κ3) is 4.22. The number of nitrogens with two attached hydrogens (primary N) is 1. The van der Waals surface area contributed by atoms with Gasteiger partial charge in [-0.2, -0.15) is 0 Å². The highest BCUT2D eigenvalue weighted by atomic mass is 35.5. The molecular formula is C16H18ClN3O4S. The number of nitrogens with one attached hydrogen (secondary N) is 1. The van der Waals surface area contributed by atoms with E-state index in [1.54, 1.807) is 19.1 Å². The van der Waals surface area contributed by atoms with Gasteiger partial charge < -0.3 is 4.74 Å². The molecule has 3 N–H and O–H groups in total. The maximum Gasteiger partial charge on any atom is 0.268 e. The third-order valence-corrected chi connectivity index (χ3v) is 5.50. The smallest absolute Gasteiger partial charge is 0.268 e. The van der Waals surface area contributed by atoms with Crippen LogP contribution in [0, 0.1) is 6.92 Å². The Morgan fingerprint density at radius 2 is 1.88 bits per heavy atom. The molecule has 9 heteroatoms. The molecule has 0 saturated carbocycles. The van der Waals surface area contributed by atoms with E-state index in [0.717, 1.165) is 9.87 Å². The molecule has 2 aromatic rings. The number of halogens is 1. The number of hydrazine groups is 1. The third-order valence-electron chi connectivity index (χ3n) is 3.45. The number of amides is 1. The van der Waals surface area contributed by atoms with Crippen LogP contribution in [0.2, 0.25) is 5.02 Å². The lowest BCUT2D eigenvalue weighted by Gasteiger charge is -2.24. The molecule has 0 aromatic heterocycles. The number of hydrogen-bond donors (Lipinski definition) is 2. The maximum absolute atomic E-state index is 13.2. The van der Waals surface area contributed by atoms with Gasteiger partial charge in [0.1, 0.15) is 17.2 Å². The maximum atomic E-state index is 13.2. The van der Waals surface area contributed by atoms with Gasteiger partial charge in [-0.25, -0.2) is 14.3 Å². The molecule has 1 amide bonds. The minimum atomic E-state index is -4.09. The molecule has 0 unspecified atom stereocenters. The SMILES string of the molecule is COc1ccc(C)cc1S(=O)(=O)N(CC(=O)NN)c1ccc(Cl)cc1. The summed E-state index contributed by atoms with van der Waals surface area (Å²) < 4.78 is 32.5. The predicted molar refractivity (Wildman–Crippen MR) is 96.0 cm³/mol. The lowest BCUT2D eigenvalue weighted by atomic mass is 10.2. The van der Waals surface area contributed by atoms with Crippen LogP contribution in [-0.2, 0) is 14.8 Å². The summed E-state index contributed by atoms with van der Waals surface area (Å²) in [5.74, 6) is 4.63. The molecule has 2 rings (SSSR count). The second-order valence-corrected chi connectivity index (χ2v) is 7.48. The van der Waals surface area contributed by atoms with E-state index in [1.807, 2.05) is 5.43 Å². The van der Waals surface area contributed by atoms with Gasteiger partial charge >= 0.3 is 0 Å². The van der Waals surface area contributed by atoms with Crippen LogP contribution < -0.4 is 20.3 Å². The Kier molecular flexibility index (Phi) is 5.89. The van der Waals surface area contributed by atoms with Crippen molar-refractivity contribution >= 4 is 33.2 Å². The fraction of sp³-hybridized carbons (Fsp3) is 0.188. The number of sulfonamides is 1. The number of carbonyl (C=O) groups is 1. The molecule has 0 saturated heterocycles. The van der Waals surface area contributed by atoms with E-state index < -0.39 is 22.5 Å². The number of nitrogens with zero attached hydrogens (tertiary/aromatic N) is 1. The number of carbonyl (C=O) groups excluding carboxylic acids is 1. The van der Waals surface area contributed by atoms with Gasteiger partial charge in [-0.1, -0.05) is 17.7 Å². The largest absolute Gasteiger partial charge is 0.495 e. The first-order chi connectivity index (χ1) is 11.8. The molecular weight excluding hydrogens is 366 g/mol. The van der Waals surface area contributed by atoms with Crippen molar-refractivity contribution in [3.05, 3.63) is 53.1 Å². The van der Waals surface area contributed by atoms with Crippen molar-refractivity contribution in [1.29, 1.82) is 0 Å². The molecule has 0 radical (unpaired) electrons. The van der Waals surface area contributed by atoms with Gasteiger partial charge in [0.05, 0.1) is 12.8 Å². The minimum Gasteiger partial charge on any atom is -0.495 e. The first kappa shape index (κ1) is 19.0. The van der Waals surface area contributed by atoms with Crippen molar-refractivity contribution < 1.29 is 17.9 Å². The predicted octanol–water partition coefficient (Wildman–Crippen LogP) is 1.84. The second kappa shape index (κ2) is 7.73. The van der Waals surface area contributed by atoms with Crippen LogP contribution in [-0.4, -0.2) is 28.0 Å². The molecule has 0 aliphatic heterocycles. The average Bonchev–Trinajstić information content (AvgIpc) is 2.60. The molecule has 25 heavy (non-hydrogen) atoms. The van der Waals surface area contributed by atoms with Gasteiger partial charge in [0.25, 0.3) is 15.9 Å². The normalized spacial score (nSPS) is 11.0. The minimum absolute atomic E-state index is 0.0465. The molecule has 0 atom stereocenters. The van der Waals surface area contributed by atoms with Gasteiger partial charge in [0.2, 0.25) is 0 Å². The lowest BCUT2D eigenvalue weighted by Crippen LogP contribution is -2.43. The first-order valence-corrected chi connectivity index (χ1v) is 9.04. The Morgan fingerprint density at radius 1 is 1.24 bits per heavy atom. The summed E-state index contributed by atoms with van der Waals surface area (Å²) in [7, 11) is -2.71. The van der Waals surface area contributed by atoms with Crippen molar-refractivity contribution in [2.24, 2.45) is 5.84 Å². The van der Waals surface area contributed by atoms with E-state index >= 15 is 0 Å². The van der Waals surface area contributed by atoms with Crippen molar-refractivity contribution in [2.45, 2.75) is 11.8 Å². The van der Waals surface area contributed by atoms with E-state index in [0.29, 0.717) is 5.02 Å². The molecule has 7 nitrogen and oxygen atoms in total. The van der Waals surface area contributed by atoms with E-state index in [-0.39, 0.29) is 16.3 Å². The molecule has 0 aliphatic rings. The Morgan fingerprint density at radius 3 is 2.44 bits per heavy atom. The Bertz CT molecular complexity index is 869. The van der Waals surface area contributed by atoms with E-state index in [2.05, 4.69) is 0 Å². The summed E-state index contributed by atoms with van der Waals surface area (Å²) in [4.78, 5) is 11.7. The average molecular weight is 384 g/mol. The summed E-state index contributed by atoms with van der Waals surface area (Å²) in [6, 6.07) is 10.9. The first-order valence-electron chi connectivity index (χ1n) is 7.22.